The molecule has 2 atom stereocenters. The van der Waals surface area contributed by atoms with Gasteiger partial charge in [0, 0.05) is 24.0 Å². The van der Waals surface area contributed by atoms with E-state index in [1.165, 1.54) is 17.7 Å². The maximum Gasteiger partial charge on any atom is 0.248 e. The van der Waals surface area contributed by atoms with E-state index in [1.54, 1.807) is 19.2 Å². The number of aliphatic hydroxyl groups excluding tert-OH is 1. The van der Waals surface area contributed by atoms with Crippen LogP contribution < -0.4 is 15.6 Å². The van der Waals surface area contributed by atoms with Gasteiger partial charge in [-0.05, 0) is 48.7 Å². The molecule has 6 heteroatoms. The topological polar surface area (TPSA) is 94.6 Å². The standard InChI is InChI=1S/C21H24N2O4/c1-13(11-14-3-5-15(27-2)6-4-14)22-12-19(25)16-7-9-18(24)21-17(16)8-10-20(26)23-21/h3-10,13,19,22,24-25H,11-12H2,1-2H3,(H,23,26)/t13-,19?/m1/s1. The maximum absolute atomic E-state index is 11.5. The van der Waals surface area contributed by atoms with Crippen molar-refractivity contribution in [3.63, 3.8) is 0 Å². The van der Waals surface area contributed by atoms with Crippen LogP contribution in [0, 0.1) is 0 Å². The summed E-state index contributed by atoms with van der Waals surface area (Å²) < 4.78 is 5.16. The molecule has 2 aromatic carbocycles. The summed E-state index contributed by atoms with van der Waals surface area (Å²) in [5.41, 5.74) is 1.88. The Bertz CT molecular complexity index is 966. The van der Waals surface area contributed by atoms with Crippen LogP contribution in [0.5, 0.6) is 11.5 Å². The molecule has 0 aliphatic heterocycles. The number of benzene rings is 2. The number of phenols is 1. The molecule has 0 amide bonds. The van der Waals surface area contributed by atoms with Crippen molar-refractivity contribution in [2.45, 2.75) is 25.5 Å². The van der Waals surface area contributed by atoms with Crippen molar-refractivity contribution in [2.75, 3.05) is 13.7 Å². The van der Waals surface area contributed by atoms with E-state index in [0.29, 0.717) is 23.0 Å². The first-order chi connectivity index (χ1) is 13.0. The zero-order valence-corrected chi connectivity index (χ0v) is 15.4. The van der Waals surface area contributed by atoms with Crippen molar-refractivity contribution in [2.24, 2.45) is 0 Å². The number of nitrogens with one attached hydrogen (secondary N) is 2. The molecule has 27 heavy (non-hydrogen) atoms. The number of methoxy groups -OCH3 is 1. The fourth-order valence-corrected chi connectivity index (χ4v) is 3.16. The molecule has 142 valence electrons. The minimum atomic E-state index is -0.766. The first-order valence-corrected chi connectivity index (χ1v) is 8.87. The molecule has 6 nitrogen and oxygen atoms in total. The van der Waals surface area contributed by atoms with Crippen LogP contribution in [0.2, 0.25) is 0 Å². The molecule has 0 spiro atoms. The third-order valence-electron chi connectivity index (χ3n) is 4.63. The summed E-state index contributed by atoms with van der Waals surface area (Å²) in [7, 11) is 1.64. The zero-order valence-electron chi connectivity index (χ0n) is 15.4. The fraction of sp³-hybridized carbons (Fsp3) is 0.286. The molecular formula is C21H24N2O4. The predicted octanol–water partition coefficient (Wildman–Crippen LogP) is 2.50. The first-order valence-electron chi connectivity index (χ1n) is 8.87. The quantitative estimate of drug-likeness (QED) is 0.514. The highest BCUT2D eigenvalue weighted by molar-refractivity contribution is 5.87. The van der Waals surface area contributed by atoms with Gasteiger partial charge in [-0.3, -0.25) is 4.79 Å². The van der Waals surface area contributed by atoms with Crippen LogP contribution in [-0.4, -0.2) is 34.9 Å². The Balaban J connectivity index is 1.66. The molecule has 1 unspecified atom stereocenters. The molecular weight excluding hydrogens is 344 g/mol. The van der Waals surface area contributed by atoms with Crippen LogP contribution >= 0.6 is 0 Å². The molecule has 1 heterocycles. The number of phenolic OH excluding ortho intramolecular Hbond substituents is 1. The largest absolute Gasteiger partial charge is 0.506 e. The molecule has 0 saturated heterocycles. The number of fused-ring (bicyclic) bond motifs is 1. The molecule has 0 fully saturated rings. The highest BCUT2D eigenvalue weighted by atomic mass is 16.5. The van der Waals surface area contributed by atoms with Crippen molar-refractivity contribution in [3.05, 3.63) is 70.0 Å². The summed E-state index contributed by atoms with van der Waals surface area (Å²) in [5, 5.41) is 24.5. The number of pyridine rings is 1. The zero-order chi connectivity index (χ0) is 19.4. The Morgan fingerprint density at radius 3 is 2.56 bits per heavy atom. The summed E-state index contributed by atoms with van der Waals surface area (Å²) in [5.74, 6) is 0.812. The second-order valence-corrected chi connectivity index (χ2v) is 6.66. The summed E-state index contributed by atoms with van der Waals surface area (Å²) in [6.45, 7) is 2.42. The van der Waals surface area contributed by atoms with Crippen molar-refractivity contribution < 1.29 is 14.9 Å². The van der Waals surface area contributed by atoms with Gasteiger partial charge < -0.3 is 25.3 Å². The van der Waals surface area contributed by atoms with E-state index < -0.39 is 6.10 Å². The minimum Gasteiger partial charge on any atom is -0.506 e. The number of aromatic nitrogens is 1. The number of aliphatic hydroxyl groups is 1. The minimum absolute atomic E-state index is 0.0144. The maximum atomic E-state index is 11.5. The molecule has 1 aromatic heterocycles. The summed E-state index contributed by atoms with van der Waals surface area (Å²) in [6, 6.07) is 14.2. The Morgan fingerprint density at radius 2 is 1.85 bits per heavy atom. The Kier molecular flexibility index (Phi) is 5.78. The van der Waals surface area contributed by atoms with E-state index in [-0.39, 0.29) is 17.4 Å². The van der Waals surface area contributed by atoms with E-state index in [9.17, 15) is 15.0 Å². The Morgan fingerprint density at radius 1 is 1.11 bits per heavy atom. The van der Waals surface area contributed by atoms with Crippen molar-refractivity contribution in [3.8, 4) is 11.5 Å². The lowest BCUT2D eigenvalue weighted by atomic mass is 10.0. The highest BCUT2D eigenvalue weighted by Gasteiger charge is 2.15. The predicted molar refractivity (Wildman–Crippen MR) is 105 cm³/mol. The van der Waals surface area contributed by atoms with E-state index in [4.69, 9.17) is 4.74 Å². The first kappa shape index (κ1) is 18.9. The van der Waals surface area contributed by atoms with E-state index in [0.717, 1.165) is 12.2 Å². The normalized spacial score (nSPS) is 13.4. The smallest absolute Gasteiger partial charge is 0.248 e. The lowest BCUT2D eigenvalue weighted by Gasteiger charge is -2.19. The van der Waals surface area contributed by atoms with E-state index in [2.05, 4.69) is 17.2 Å². The molecule has 3 aromatic rings. The third-order valence-corrected chi connectivity index (χ3v) is 4.63. The number of aromatic hydroxyl groups is 1. The van der Waals surface area contributed by atoms with Crippen LogP contribution in [0.1, 0.15) is 24.2 Å². The van der Waals surface area contributed by atoms with Gasteiger partial charge in [-0.1, -0.05) is 18.2 Å². The monoisotopic (exact) mass is 368 g/mol. The molecule has 0 radical (unpaired) electrons. The number of hydrogen-bond donors (Lipinski definition) is 4. The van der Waals surface area contributed by atoms with Gasteiger partial charge in [0.05, 0.1) is 18.7 Å². The number of hydrogen-bond acceptors (Lipinski definition) is 5. The Labute approximate surface area is 157 Å². The average molecular weight is 368 g/mol. The van der Waals surface area contributed by atoms with Gasteiger partial charge in [0.15, 0.2) is 0 Å². The molecule has 0 aliphatic carbocycles. The van der Waals surface area contributed by atoms with Gasteiger partial charge in [-0.15, -0.1) is 0 Å². The number of rotatable bonds is 7. The van der Waals surface area contributed by atoms with Crippen LogP contribution in [-0.2, 0) is 6.42 Å². The van der Waals surface area contributed by atoms with Gasteiger partial charge in [-0.25, -0.2) is 0 Å². The second-order valence-electron chi connectivity index (χ2n) is 6.66. The van der Waals surface area contributed by atoms with Gasteiger partial charge >= 0.3 is 0 Å². The van der Waals surface area contributed by atoms with Gasteiger partial charge in [0.1, 0.15) is 11.5 Å². The van der Waals surface area contributed by atoms with Gasteiger partial charge in [-0.2, -0.15) is 0 Å². The third kappa shape index (κ3) is 4.48. The summed E-state index contributed by atoms with van der Waals surface area (Å²) in [4.78, 5) is 14.1. The van der Waals surface area contributed by atoms with Crippen LogP contribution in [0.15, 0.2) is 53.3 Å². The van der Waals surface area contributed by atoms with Crippen molar-refractivity contribution in [1.29, 1.82) is 0 Å². The van der Waals surface area contributed by atoms with Crippen molar-refractivity contribution in [1.82, 2.24) is 10.3 Å². The van der Waals surface area contributed by atoms with Crippen molar-refractivity contribution >= 4 is 10.9 Å². The Hall–Kier alpha value is -2.83. The molecule has 0 saturated carbocycles. The summed E-state index contributed by atoms with van der Waals surface area (Å²) in [6.07, 6.45) is 0.0534. The lowest BCUT2D eigenvalue weighted by molar-refractivity contribution is 0.172. The second kappa shape index (κ2) is 8.24. The average Bonchev–Trinajstić information content (AvgIpc) is 2.67. The van der Waals surface area contributed by atoms with Crippen LogP contribution in [0.4, 0.5) is 0 Å². The van der Waals surface area contributed by atoms with Crippen LogP contribution in [0.25, 0.3) is 10.9 Å². The van der Waals surface area contributed by atoms with Gasteiger partial charge in [0.2, 0.25) is 5.56 Å². The number of ether oxygens (including phenoxy) is 1. The number of aromatic amines is 1. The SMILES string of the molecule is COc1ccc(C[C@@H](C)NCC(O)c2ccc(O)c3[nH]c(=O)ccc23)cc1. The van der Waals surface area contributed by atoms with E-state index in [1.807, 2.05) is 24.3 Å². The molecule has 0 aliphatic rings. The highest BCUT2D eigenvalue weighted by Crippen LogP contribution is 2.28. The molecule has 4 N–H and O–H groups in total. The van der Waals surface area contributed by atoms with Gasteiger partial charge in [0.25, 0.3) is 0 Å². The number of H-pyrrole nitrogens is 1. The van der Waals surface area contributed by atoms with E-state index >= 15 is 0 Å². The van der Waals surface area contributed by atoms with Crippen LogP contribution in [0.3, 0.4) is 0 Å². The summed E-state index contributed by atoms with van der Waals surface area (Å²) >= 11 is 0. The molecule has 0 bridgehead atoms. The lowest BCUT2D eigenvalue weighted by Crippen LogP contribution is -2.32. The fourth-order valence-electron chi connectivity index (χ4n) is 3.16. The molecule has 3 rings (SSSR count).